The van der Waals surface area contributed by atoms with Gasteiger partial charge < -0.3 is 9.88 Å². The molecule has 2 aromatic rings. The van der Waals surface area contributed by atoms with E-state index in [0.29, 0.717) is 17.5 Å². The topological polar surface area (TPSA) is 77.6 Å². The van der Waals surface area contributed by atoms with Gasteiger partial charge in [0.15, 0.2) is 5.16 Å². The number of amides is 1. The number of allylic oxidation sites excluding steroid dienone is 1. The van der Waals surface area contributed by atoms with Crippen LogP contribution in [0.15, 0.2) is 36.4 Å². The fourth-order valence-corrected chi connectivity index (χ4v) is 2.48. The average Bonchev–Trinajstić information content (AvgIpc) is 3.06. The van der Waals surface area contributed by atoms with Gasteiger partial charge in [-0.2, -0.15) is 5.10 Å². The van der Waals surface area contributed by atoms with Crippen molar-refractivity contribution < 1.29 is 4.79 Å². The van der Waals surface area contributed by atoms with E-state index in [4.69, 9.17) is 0 Å². The van der Waals surface area contributed by atoms with Crippen LogP contribution < -0.4 is 5.32 Å². The van der Waals surface area contributed by atoms with Gasteiger partial charge in [-0.3, -0.25) is 4.79 Å². The highest BCUT2D eigenvalue weighted by atomic mass is 32.2. The van der Waals surface area contributed by atoms with Gasteiger partial charge in [0.1, 0.15) is 12.1 Å². The fraction of sp³-hybridized carbons (Fsp3) is 0.385. The van der Waals surface area contributed by atoms with Crippen molar-refractivity contribution in [3.63, 3.8) is 0 Å². The van der Waals surface area contributed by atoms with Crippen LogP contribution in [-0.2, 0) is 11.3 Å². The van der Waals surface area contributed by atoms with E-state index >= 15 is 0 Å². The zero-order valence-corrected chi connectivity index (χ0v) is 12.9. The van der Waals surface area contributed by atoms with E-state index in [1.807, 2.05) is 18.4 Å². The Morgan fingerprint density at radius 2 is 2.38 bits per heavy atom. The maximum absolute atomic E-state index is 12.0. The predicted octanol–water partition coefficient (Wildman–Crippen LogP) is 1.97. The molecule has 0 saturated carbocycles. The Bertz CT molecular complexity index is 618. The van der Waals surface area contributed by atoms with Crippen LogP contribution in [-0.4, -0.2) is 36.2 Å². The Morgan fingerprint density at radius 1 is 1.57 bits per heavy atom. The summed E-state index contributed by atoms with van der Waals surface area (Å²) in [4.78, 5) is 12.0. The summed E-state index contributed by atoms with van der Waals surface area (Å²) < 4.78 is 3.60. The molecule has 1 N–H and O–H groups in total. The summed E-state index contributed by atoms with van der Waals surface area (Å²) in [6.45, 7) is 8.31. The van der Waals surface area contributed by atoms with Crippen LogP contribution >= 0.6 is 11.8 Å². The average molecular weight is 306 g/mol. The van der Waals surface area contributed by atoms with Gasteiger partial charge in [0.05, 0.1) is 11.9 Å². The summed E-state index contributed by atoms with van der Waals surface area (Å²) in [6.07, 6.45) is 5.05. The van der Waals surface area contributed by atoms with Crippen LogP contribution in [0.2, 0.25) is 0 Å². The number of aromatic nitrogens is 5. The highest BCUT2D eigenvalue weighted by molar-refractivity contribution is 7.99. The van der Waals surface area contributed by atoms with E-state index in [1.54, 1.807) is 29.3 Å². The molecule has 0 saturated heterocycles. The third-order valence-corrected chi connectivity index (χ3v) is 3.65. The number of hydrogen-bond donors (Lipinski definition) is 1. The summed E-state index contributed by atoms with van der Waals surface area (Å²) in [5.74, 6) is 0.859. The number of rotatable bonds is 7. The molecule has 2 aromatic heterocycles. The summed E-state index contributed by atoms with van der Waals surface area (Å²) in [6, 6.07) is 1.97. The second-order valence-corrected chi connectivity index (χ2v) is 5.59. The van der Waals surface area contributed by atoms with Crippen LogP contribution in [0.25, 0.3) is 0 Å². The Labute approximate surface area is 127 Å². The maximum atomic E-state index is 12.0. The van der Waals surface area contributed by atoms with E-state index in [1.165, 1.54) is 11.8 Å². The SMILES string of the molecule is C=CCn1cnnc1SCC(=O)Nc1ccnn1C(C)C. The zero-order valence-electron chi connectivity index (χ0n) is 12.1. The summed E-state index contributed by atoms with van der Waals surface area (Å²) in [5.41, 5.74) is 0. The van der Waals surface area contributed by atoms with Crippen molar-refractivity contribution in [2.75, 3.05) is 11.1 Å². The normalized spacial score (nSPS) is 10.8. The molecule has 7 nitrogen and oxygen atoms in total. The lowest BCUT2D eigenvalue weighted by molar-refractivity contribution is -0.113. The molecule has 0 aliphatic rings. The zero-order chi connectivity index (χ0) is 15.2. The summed E-state index contributed by atoms with van der Waals surface area (Å²) >= 11 is 1.34. The van der Waals surface area contributed by atoms with E-state index in [2.05, 4.69) is 27.2 Å². The van der Waals surface area contributed by atoms with Crippen molar-refractivity contribution in [1.29, 1.82) is 0 Å². The standard InChI is InChI=1S/C13H18N6OS/c1-4-7-18-9-14-17-13(18)21-8-12(20)16-11-5-6-15-19(11)10(2)3/h4-6,9-10H,1,7-8H2,2-3H3,(H,16,20). The first-order chi connectivity index (χ1) is 10.1. The lowest BCUT2D eigenvalue weighted by Gasteiger charge is -2.11. The van der Waals surface area contributed by atoms with Crippen molar-refractivity contribution in [2.24, 2.45) is 0 Å². The minimum absolute atomic E-state index is 0.101. The molecule has 2 heterocycles. The van der Waals surface area contributed by atoms with Gasteiger partial charge in [0.25, 0.3) is 0 Å². The number of hydrogen-bond acceptors (Lipinski definition) is 5. The molecule has 0 unspecified atom stereocenters. The molecule has 0 bridgehead atoms. The van der Waals surface area contributed by atoms with Crippen molar-refractivity contribution >= 4 is 23.5 Å². The highest BCUT2D eigenvalue weighted by Crippen LogP contribution is 2.17. The van der Waals surface area contributed by atoms with Crippen LogP contribution in [0.5, 0.6) is 0 Å². The highest BCUT2D eigenvalue weighted by Gasteiger charge is 2.11. The third kappa shape index (κ3) is 3.94. The summed E-state index contributed by atoms with van der Waals surface area (Å²) in [7, 11) is 0. The second-order valence-electron chi connectivity index (χ2n) is 4.65. The summed E-state index contributed by atoms with van der Waals surface area (Å²) in [5, 5.41) is 15.5. The van der Waals surface area contributed by atoms with Crippen molar-refractivity contribution in [2.45, 2.75) is 31.6 Å². The lowest BCUT2D eigenvalue weighted by Crippen LogP contribution is -2.18. The molecule has 112 valence electrons. The van der Waals surface area contributed by atoms with Gasteiger partial charge in [-0.15, -0.1) is 16.8 Å². The predicted molar refractivity (Wildman–Crippen MR) is 82.2 cm³/mol. The minimum Gasteiger partial charge on any atom is -0.310 e. The molecule has 21 heavy (non-hydrogen) atoms. The van der Waals surface area contributed by atoms with Crippen molar-refractivity contribution in [3.8, 4) is 0 Å². The number of anilines is 1. The van der Waals surface area contributed by atoms with Gasteiger partial charge >= 0.3 is 0 Å². The van der Waals surface area contributed by atoms with E-state index < -0.39 is 0 Å². The molecule has 2 rings (SSSR count). The van der Waals surface area contributed by atoms with Gasteiger partial charge in [0.2, 0.25) is 5.91 Å². The van der Waals surface area contributed by atoms with Crippen LogP contribution in [0.3, 0.4) is 0 Å². The fourth-order valence-electron chi connectivity index (χ4n) is 1.75. The molecular formula is C13H18N6OS. The first-order valence-corrected chi connectivity index (χ1v) is 7.55. The Kier molecular flexibility index (Phi) is 5.15. The second kappa shape index (κ2) is 7.07. The van der Waals surface area contributed by atoms with Gasteiger partial charge in [-0.05, 0) is 13.8 Å². The van der Waals surface area contributed by atoms with E-state index in [0.717, 1.165) is 0 Å². The van der Waals surface area contributed by atoms with E-state index in [9.17, 15) is 4.79 Å². The molecule has 1 amide bonds. The molecule has 0 aliphatic heterocycles. The number of nitrogens with zero attached hydrogens (tertiary/aromatic N) is 5. The minimum atomic E-state index is -0.101. The van der Waals surface area contributed by atoms with E-state index in [-0.39, 0.29) is 17.7 Å². The largest absolute Gasteiger partial charge is 0.310 e. The quantitative estimate of drug-likeness (QED) is 0.625. The van der Waals surface area contributed by atoms with Gasteiger partial charge in [0, 0.05) is 18.7 Å². The van der Waals surface area contributed by atoms with Crippen molar-refractivity contribution in [1.82, 2.24) is 24.5 Å². The Hall–Kier alpha value is -2.09. The molecular weight excluding hydrogens is 288 g/mol. The van der Waals surface area contributed by atoms with Crippen LogP contribution in [0.4, 0.5) is 5.82 Å². The number of thioether (sulfide) groups is 1. The maximum Gasteiger partial charge on any atom is 0.235 e. The molecule has 0 spiro atoms. The Morgan fingerprint density at radius 3 is 3.10 bits per heavy atom. The molecule has 0 atom stereocenters. The van der Waals surface area contributed by atoms with Crippen LogP contribution in [0, 0.1) is 0 Å². The third-order valence-electron chi connectivity index (χ3n) is 2.67. The molecule has 0 radical (unpaired) electrons. The molecule has 0 fully saturated rings. The molecule has 8 heteroatoms. The molecule has 0 aliphatic carbocycles. The number of nitrogens with one attached hydrogen (secondary N) is 1. The monoisotopic (exact) mass is 306 g/mol. The molecule has 0 aromatic carbocycles. The number of carbonyl (C=O) groups excluding carboxylic acids is 1. The van der Waals surface area contributed by atoms with Gasteiger partial charge in [-0.1, -0.05) is 17.8 Å². The number of carbonyl (C=O) groups is 1. The van der Waals surface area contributed by atoms with Gasteiger partial charge in [-0.25, -0.2) is 4.68 Å². The first kappa shape index (κ1) is 15.3. The van der Waals surface area contributed by atoms with Crippen LogP contribution in [0.1, 0.15) is 19.9 Å². The first-order valence-electron chi connectivity index (χ1n) is 6.56. The smallest absolute Gasteiger partial charge is 0.235 e. The van der Waals surface area contributed by atoms with Crippen molar-refractivity contribution in [3.05, 3.63) is 31.2 Å². The lowest BCUT2D eigenvalue weighted by atomic mass is 10.4. The Balaban J connectivity index is 1.91.